The highest BCUT2D eigenvalue weighted by molar-refractivity contribution is 5.82. The zero-order valence-corrected chi connectivity index (χ0v) is 13.6. The van der Waals surface area contributed by atoms with Gasteiger partial charge >= 0.3 is 0 Å². The lowest BCUT2D eigenvalue weighted by atomic mass is 10.2. The maximum absolute atomic E-state index is 12.4. The quantitative estimate of drug-likeness (QED) is 0.838. The lowest BCUT2D eigenvalue weighted by Crippen LogP contribution is -2.39. The minimum atomic E-state index is 0.0461. The van der Waals surface area contributed by atoms with Gasteiger partial charge in [0.05, 0.1) is 12.2 Å². The number of carbonyl (C=O) groups excluding carboxylic acids is 2. The third-order valence-electron chi connectivity index (χ3n) is 4.09. The summed E-state index contributed by atoms with van der Waals surface area (Å²) in [6.45, 7) is 6.97. The van der Waals surface area contributed by atoms with Crippen LogP contribution in [0.5, 0.6) is 0 Å². The second kappa shape index (κ2) is 7.38. The molecule has 0 saturated heterocycles. The summed E-state index contributed by atoms with van der Waals surface area (Å²) >= 11 is 0. The van der Waals surface area contributed by atoms with E-state index >= 15 is 0 Å². The van der Waals surface area contributed by atoms with E-state index in [0.717, 1.165) is 12.1 Å². The van der Waals surface area contributed by atoms with Crippen LogP contribution in [0.15, 0.2) is 24.4 Å². The SMILES string of the molecule is CC1CC1C(=O)NCCC(=O)N(Cc1ccccn1)C(C)C. The summed E-state index contributed by atoms with van der Waals surface area (Å²) in [5.41, 5.74) is 0.875. The van der Waals surface area contributed by atoms with Crippen LogP contribution in [-0.2, 0) is 16.1 Å². The number of nitrogens with zero attached hydrogens (tertiary/aromatic N) is 2. The Balaban J connectivity index is 1.80. The molecule has 2 atom stereocenters. The summed E-state index contributed by atoms with van der Waals surface area (Å²) in [6.07, 6.45) is 3.03. The molecule has 0 radical (unpaired) electrons. The number of aromatic nitrogens is 1. The van der Waals surface area contributed by atoms with Gasteiger partial charge in [-0.2, -0.15) is 0 Å². The molecule has 5 heteroatoms. The third kappa shape index (κ3) is 4.55. The molecule has 1 N–H and O–H groups in total. The number of nitrogens with one attached hydrogen (secondary N) is 1. The number of hydrogen-bond donors (Lipinski definition) is 1. The lowest BCUT2D eigenvalue weighted by molar-refractivity contribution is -0.133. The average Bonchev–Trinajstić information content (AvgIpc) is 3.22. The Labute approximate surface area is 132 Å². The molecule has 1 fully saturated rings. The van der Waals surface area contributed by atoms with Gasteiger partial charge in [-0.3, -0.25) is 14.6 Å². The first-order valence-corrected chi connectivity index (χ1v) is 7.96. The lowest BCUT2D eigenvalue weighted by Gasteiger charge is -2.26. The molecule has 2 amide bonds. The van der Waals surface area contributed by atoms with E-state index in [1.165, 1.54) is 0 Å². The number of amides is 2. The highest BCUT2D eigenvalue weighted by Crippen LogP contribution is 2.37. The highest BCUT2D eigenvalue weighted by Gasteiger charge is 2.38. The largest absolute Gasteiger partial charge is 0.355 e. The van der Waals surface area contributed by atoms with Gasteiger partial charge in [0, 0.05) is 31.1 Å². The van der Waals surface area contributed by atoms with Crippen molar-refractivity contribution in [3.8, 4) is 0 Å². The van der Waals surface area contributed by atoms with Gasteiger partial charge in [0.25, 0.3) is 0 Å². The second-order valence-corrected chi connectivity index (χ2v) is 6.30. The van der Waals surface area contributed by atoms with Crippen LogP contribution in [0.4, 0.5) is 0 Å². The van der Waals surface area contributed by atoms with E-state index in [0.29, 0.717) is 25.4 Å². The summed E-state index contributed by atoms with van der Waals surface area (Å²) in [7, 11) is 0. The van der Waals surface area contributed by atoms with Crippen molar-refractivity contribution >= 4 is 11.8 Å². The van der Waals surface area contributed by atoms with Gasteiger partial charge in [-0.1, -0.05) is 13.0 Å². The molecule has 22 heavy (non-hydrogen) atoms. The molecular formula is C17H25N3O2. The predicted molar refractivity (Wildman–Crippen MR) is 84.8 cm³/mol. The molecule has 1 saturated carbocycles. The Hall–Kier alpha value is -1.91. The van der Waals surface area contributed by atoms with E-state index in [1.54, 1.807) is 11.1 Å². The summed E-state index contributed by atoms with van der Waals surface area (Å²) in [5, 5.41) is 2.86. The smallest absolute Gasteiger partial charge is 0.224 e. The number of rotatable bonds is 7. The standard InChI is InChI=1S/C17H25N3O2/c1-12(2)20(11-14-6-4-5-8-18-14)16(21)7-9-19-17(22)15-10-13(15)3/h4-6,8,12-13,15H,7,9-11H2,1-3H3,(H,19,22). The summed E-state index contributed by atoms with van der Waals surface area (Å²) in [6, 6.07) is 5.80. The molecule has 0 bridgehead atoms. The first-order valence-electron chi connectivity index (χ1n) is 7.96. The molecule has 0 aliphatic heterocycles. The molecule has 1 aromatic rings. The van der Waals surface area contributed by atoms with Crippen molar-refractivity contribution in [3.05, 3.63) is 30.1 Å². The summed E-state index contributed by atoms with van der Waals surface area (Å²) < 4.78 is 0. The van der Waals surface area contributed by atoms with Crippen LogP contribution < -0.4 is 5.32 Å². The minimum absolute atomic E-state index is 0.0461. The Bertz CT molecular complexity index is 516. The van der Waals surface area contributed by atoms with E-state index in [1.807, 2.05) is 32.0 Å². The van der Waals surface area contributed by atoms with Gasteiger partial charge in [-0.25, -0.2) is 0 Å². The maximum Gasteiger partial charge on any atom is 0.224 e. The number of hydrogen-bond acceptors (Lipinski definition) is 3. The molecule has 120 valence electrons. The van der Waals surface area contributed by atoms with Gasteiger partial charge in [0.15, 0.2) is 0 Å². The van der Waals surface area contributed by atoms with Gasteiger partial charge < -0.3 is 10.2 Å². The molecule has 1 aliphatic rings. The molecule has 1 heterocycles. The van der Waals surface area contributed by atoms with E-state index in [-0.39, 0.29) is 23.8 Å². The predicted octanol–water partition coefficient (Wildman–Crippen LogP) is 1.98. The molecule has 0 aromatic carbocycles. The van der Waals surface area contributed by atoms with Crippen molar-refractivity contribution in [2.24, 2.45) is 11.8 Å². The third-order valence-corrected chi connectivity index (χ3v) is 4.09. The Morgan fingerprint density at radius 1 is 1.41 bits per heavy atom. The molecule has 2 unspecified atom stereocenters. The van der Waals surface area contributed by atoms with Crippen molar-refractivity contribution in [1.29, 1.82) is 0 Å². The summed E-state index contributed by atoms with van der Waals surface area (Å²) in [4.78, 5) is 30.2. The maximum atomic E-state index is 12.4. The minimum Gasteiger partial charge on any atom is -0.355 e. The van der Waals surface area contributed by atoms with Crippen molar-refractivity contribution < 1.29 is 9.59 Å². The van der Waals surface area contributed by atoms with E-state index in [9.17, 15) is 9.59 Å². The van der Waals surface area contributed by atoms with E-state index < -0.39 is 0 Å². The fraction of sp³-hybridized carbons (Fsp3) is 0.588. The topological polar surface area (TPSA) is 62.3 Å². The van der Waals surface area contributed by atoms with Crippen LogP contribution in [0, 0.1) is 11.8 Å². The van der Waals surface area contributed by atoms with Gasteiger partial charge in [0.1, 0.15) is 0 Å². The highest BCUT2D eigenvalue weighted by atomic mass is 16.2. The second-order valence-electron chi connectivity index (χ2n) is 6.30. The monoisotopic (exact) mass is 303 g/mol. The Morgan fingerprint density at radius 3 is 2.68 bits per heavy atom. The van der Waals surface area contributed by atoms with Crippen molar-refractivity contribution in [2.45, 2.75) is 46.2 Å². The van der Waals surface area contributed by atoms with Crippen LogP contribution in [0.1, 0.15) is 39.3 Å². The fourth-order valence-corrected chi connectivity index (χ4v) is 2.48. The van der Waals surface area contributed by atoms with Gasteiger partial charge in [-0.15, -0.1) is 0 Å². The summed E-state index contributed by atoms with van der Waals surface area (Å²) in [5.74, 6) is 0.780. The van der Waals surface area contributed by atoms with Crippen molar-refractivity contribution in [2.75, 3.05) is 6.54 Å². The molecule has 1 aliphatic carbocycles. The Morgan fingerprint density at radius 2 is 2.14 bits per heavy atom. The fourth-order valence-electron chi connectivity index (χ4n) is 2.48. The van der Waals surface area contributed by atoms with E-state index in [2.05, 4.69) is 17.2 Å². The van der Waals surface area contributed by atoms with Crippen LogP contribution in [0.3, 0.4) is 0 Å². The zero-order valence-electron chi connectivity index (χ0n) is 13.6. The van der Waals surface area contributed by atoms with Crippen molar-refractivity contribution in [1.82, 2.24) is 15.2 Å². The Kier molecular flexibility index (Phi) is 5.52. The van der Waals surface area contributed by atoms with Gasteiger partial charge in [-0.05, 0) is 38.3 Å². The van der Waals surface area contributed by atoms with Crippen LogP contribution in [-0.4, -0.2) is 34.3 Å². The average molecular weight is 303 g/mol. The molecule has 2 rings (SSSR count). The van der Waals surface area contributed by atoms with Gasteiger partial charge in [0.2, 0.25) is 11.8 Å². The first-order chi connectivity index (χ1) is 10.5. The normalized spacial score (nSPS) is 19.8. The molecule has 5 nitrogen and oxygen atoms in total. The van der Waals surface area contributed by atoms with Crippen LogP contribution >= 0.6 is 0 Å². The van der Waals surface area contributed by atoms with Crippen LogP contribution in [0.25, 0.3) is 0 Å². The number of carbonyl (C=O) groups is 2. The zero-order chi connectivity index (χ0) is 16.1. The molecular weight excluding hydrogens is 278 g/mol. The van der Waals surface area contributed by atoms with E-state index in [4.69, 9.17) is 0 Å². The molecule has 0 spiro atoms. The van der Waals surface area contributed by atoms with Crippen LogP contribution in [0.2, 0.25) is 0 Å². The number of pyridine rings is 1. The first kappa shape index (κ1) is 16.5. The molecule has 1 aromatic heterocycles. The van der Waals surface area contributed by atoms with Crippen molar-refractivity contribution in [3.63, 3.8) is 0 Å².